The van der Waals surface area contributed by atoms with Crippen molar-refractivity contribution in [3.8, 4) is 0 Å². The van der Waals surface area contributed by atoms with E-state index in [0.717, 1.165) is 5.56 Å². The minimum absolute atomic E-state index is 0.189. The van der Waals surface area contributed by atoms with Gasteiger partial charge in [0.2, 0.25) is 0 Å². The molecule has 6 nitrogen and oxygen atoms in total. The summed E-state index contributed by atoms with van der Waals surface area (Å²) in [6.45, 7) is 0.938. The molecule has 0 atom stereocenters. The van der Waals surface area contributed by atoms with Crippen molar-refractivity contribution in [2.45, 2.75) is 6.92 Å². The van der Waals surface area contributed by atoms with Crippen molar-refractivity contribution in [2.75, 3.05) is 18.5 Å². The van der Waals surface area contributed by atoms with E-state index in [1.165, 1.54) is 12.1 Å². The Hall–Kier alpha value is -2.28. The zero-order valence-electron chi connectivity index (χ0n) is 14.1. The first-order valence-electron chi connectivity index (χ1n) is 7.71. The number of hydrogen-bond donors (Lipinski definition) is 2. The van der Waals surface area contributed by atoms with E-state index in [1.54, 1.807) is 18.2 Å². The van der Waals surface area contributed by atoms with Gasteiger partial charge in [-0.05, 0) is 31.2 Å². The number of esters is 1. The molecule has 2 rings (SSSR count). The van der Waals surface area contributed by atoms with Crippen molar-refractivity contribution in [1.29, 1.82) is 0 Å². The van der Waals surface area contributed by atoms with E-state index in [9.17, 15) is 14.4 Å². The van der Waals surface area contributed by atoms with Crippen LogP contribution in [0.25, 0.3) is 0 Å². The predicted molar refractivity (Wildman–Crippen MR) is 105 cm³/mol. The SMILES string of the molecule is Cc1cccc(C(=O)NCC(=O)OCC(=O)Nc2cc(Cl)c(Cl)cc2Cl)c1. The van der Waals surface area contributed by atoms with Crippen LogP contribution in [0.5, 0.6) is 0 Å². The number of aryl methyl sites for hydroxylation is 1. The molecule has 0 fully saturated rings. The van der Waals surface area contributed by atoms with Crippen molar-refractivity contribution < 1.29 is 19.1 Å². The molecule has 0 saturated carbocycles. The Morgan fingerprint density at radius 2 is 1.70 bits per heavy atom. The molecule has 2 N–H and O–H groups in total. The van der Waals surface area contributed by atoms with Gasteiger partial charge in [0.05, 0.1) is 20.8 Å². The fraction of sp³-hybridized carbons (Fsp3) is 0.167. The molecular weight excluding hydrogens is 415 g/mol. The van der Waals surface area contributed by atoms with Crippen molar-refractivity contribution in [3.05, 3.63) is 62.6 Å². The number of carbonyl (C=O) groups is 3. The summed E-state index contributed by atoms with van der Waals surface area (Å²) < 4.78 is 4.81. The molecule has 0 aromatic heterocycles. The maximum absolute atomic E-state index is 11.9. The predicted octanol–water partition coefficient (Wildman–Crippen LogP) is 3.87. The third kappa shape index (κ3) is 6.43. The molecule has 0 unspecified atom stereocenters. The first-order chi connectivity index (χ1) is 12.8. The van der Waals surface area contributed by atoms with Gasteiger partial charge in [-0.1, -0.05) is 52.5 Å². The highest BCUT2D eigenvalue weighted by Gasteiger charge is 2.13. The van der Waals surface area contributed by atoms with Gasteiger partial charge in [-0.25, -0.2) is 0 Å². The van der Waals surface area contributed by atoms with Crippen LogP contribution in [0.4, 0.5) is 5.69 Å². The van der Waals surface area contributed by atoms with E-state index in [-0.39, 0.29) is 27.3 Å². The first-order valence-corrected chi connectivity index (χ1v) is 8.84. The highest BCUT2D eigenvalue weighted by molar-refractivity contribution is 6.44. The lowest BCUT2D eigenvalue weighted by Crippen LogP contribution is -2.32. The van der Waals surface area contributed by atoms with Crippen LogP contribution < -0.4 is 10.6 Å². The van der Waals surface area contributed by atoms with Crippen LogP contribution in [-0.2, 0) is 14.3 Å². The monoisotopic (exact) mass is 428 g/mol. The van der Waals surface area contributed by atoms with Gasteiger partial charge in [0, 0.05) is 5.56 Å². The Bertz CT molecular complexity index is 887. The average molecular weight is 430 g/mol. The van der Waals surface area contributed by atoms with Crippen molar-refractivity contribution in [3.63, 3.8) is 0 Å². The molecule has 0 saturated heterocycles. The lowest BCUT2D eigenvalue weighted by Gasteiger charge is -2.10. The summed E-state index contributed by atoms with van der Waals surface area (Å²) in [5, 5.41) is 5.53. The molecule has 0 radical (unpaired) electrons. The second kappa shape index (κ2) is 9.60. The Morgan fingerprint density at radius 3 is 2.41 bits per heavy atom. The largest absolute Gasteiger partial charge is 0.454 e. The summed E-state index contributed by atoms with van der Waals surface area (Å²) in [4.78, 5) is 35.5. The van der Waals surface area contributed by atoms with E-state index >= 15 is 0 Å². The van der Waals surface area contributed by atoms with Gasteiger partial charge in [-0.15, -0.1) is 0 Å². The maximum Gasteiger partial charge on any atom is 0.325 e. The van der Waals surface area contributed by atoms with Crippen LogP contribution in [0, 0.1) is 6.92 Å². The smallest absolute Gasteiger partial charge is 0.325 e. The third-order valence-corrected chi connectivity index (χ3v) is 4.36. The molecule has 27 heavy (non-hydrogen) atoms. The van der Waals surface area contributed by atoms with Gasteiger partial charge in [0.25, 0.3) is 11.8 Å². The quantitative estimate of drug-likeness (QED) is 0.539. The molecule has 2 aromatic carbocycles. The Balaban J connectivity index is 1.79. The lowest BCUT2D eigenvalue weighted by atomic mass is 10.1. The Labute approximate surface area is 170 Å². The molecule has 0 aliphatic heterocycles. The van der Waals surface area contributed by atoms with Crippen LogP contribution in [-0.4, -0.2) is 30.9 Å². The summed E-state index contributed by atoms with van der Waals surface area (Å²) in [5.41, 5.74) is 1.58. The number of benzene rings is 2. The second-order valence-corrected chi connectivity index (χ2v) is 6.73. The number of rotatable bonds is 6. The van der Waals surface area contributed by atoms with Crippen molar-refractivity contribution >= 4 is 58.3 Å². The zero-order valence-corrected chi connectivity index (χ0v) is 16.4. The van der Waals surface area contributed by atoms with Crippen LogP contribution in [0.1, 0.15) is 15.9 Å². The second-order valence-electron chi connectivity index (χ2n) is 5.51. The highest BCUT2D eigenvalue weighted by atomic mass is 35.5. The van der Waals surface area contributed by atoms with E-state index in [2.05, 4.69) is 10.6 Å². The number of anilines is 1. The molecule has 142 valence electrons. The molecule has 0 bridgehead atoms. The average Bonchev–Trinajstić information content (AvgIpc) is 2.62. The van der Waals surface area contributed by atoms with Gasteiger partial charge in [-0.2, -0.15) is 0 Å². The summed E-state index contributed by atoms with van der Waals surface area (Å²) in [7, 11) is 0. The van der Waals surface area contributed by atoms with E-state index in [1.807, 2.05) is 13.0 Å². The maximum atomic E-state index is 11.9. The fourth-order valence-corrected chi connectivity index (χ4v) is 2.64. The topological polar surface area (TPSA) is 84.5 Å². The molecule has 2 aromatic rings. The number of ether oxygens (including phenoxy) is 1. The van der Waals surface area contributed by atoms with E-state index in [4.69, 9.17) is 39.5 Å². The normalized spacial score (nSPS) is 10.2. The minimum atomic E-state index is -0.758. The molecule has 0 spiro atoms. The standard InChI is InChI=1S/C18H15Cl3N2O4/c1-10-3-2-4-11(5-10)18(26)22-8-17(25)27-9-16(24)23-15-7-13(20)12(19)6-14(15)21/h2-7H,8-9H2,1H3,(H,22,26)(H,23,24). The number of hydrogen-bond acceptors (Lipinski definition) is 4. The van der Waals surface area contributed by atoms with Crippen LogP contribution in [0.2, 0.25) is 15.1 Å². The van der Waals surface area contributed by atoms with Crippen LogP contribution in [0.15, 0.2) is 36.4 Å². The number of nitrogens with one attached hydrogen (secondary N) is 2. The molecule has 0 heterocycles. The number of halogens is 3. The Kier molecular flexibility index (Phi) is 7.47. The first kappa shape index (κ1) is 21.0. The van der Waals surface area contributed by atoms with E-state index in [0.29, 0.717) is 5.56 Å². The van der Waals surface area contributed by atoms with Gasteiger partial charge in [0.15, 0.2) is 6.61 Å². The minimum Gasteiger partial charge on any atom is -0.454 e. The number of carbonyl (C=O) groups excluding carboxylic acids is 3. The Morgan fingerprint density at radius 1 is 1.00 bits per heavy atom. The van der Waals surface area contributed by atoms with Gasteiger partial charge in [0.1, 0.15) is 6.54 Å². The van der Waals surface area contributed by atoms with Gasteiger partial charge < -0.3 is 15.4 Å². The van der Waals surface area contributed by atoms with Gasteiger partial charge in [-0.3, -0.25) is 14.4 Å². The molecule has 2 amide bonds. The van der Waals surface area contributed by atoms with Gasteiger partial charge >= 0.3 is 5.97 Å². The lowest BCUT2D eigenvalue weighted by molar-refractivity contribution is -0.146. The van der Waals surface area contributed by atoms with Crippen molar-refractivity contribution in [1.82, 2.24) is 5.32 Å². The molecule has 9 heteroatoms. The summed E-state index contributed by atoms with van der Waals surface area (Å²) >= 11 is 17.6. The van der Waals surface area contributed by atoms with Crippen molar-refractivity contribution in [2.24, 2.45) is 0 Å². The van der Waals surface area contributed by atoms with Crippen LogP contribution >= 0.6 is 34.8 Å². The molecule has 0 aliphatic rings. The van der Waals surface area contributed by atoms with Crippen LogP contribution in [0.3, 0.4) is 0 Å². The third-order valence-electron chi connectivity index (χ3n) is 3.32. The molecule has 0 aliphatic carbocycles. The highest BCUT2D eigenvalue weighted by Crippen LogP contribution is 2.32. The van der Waals surface area contributed by atoms with E-state index < -0.39 is 24.4 Å². The molecular formula is C18H15Cl3N2O4. The fourth-order valence-electron chi connectivity index (χ4n) is 2.04. The summed E-state index contributed by atoms with van der Waals surface area (Å²) in [5.74, 6) is -1.79. The zero-order chi connectivity index (χ0) is 20.0. The number of amides is 2. The summed E-state index contributed by atoms with van der Waals surface area (Å²) in [6.07, 6.45) is 0. The summed E-state index contributed by atoms with van der Waals surface area (Å²) in [6, 6.07) is 9.67.